The molecule has 1 aliphatic rings. The van der Waals surface area contributed by atoms with Gasteiger partial charge in [-0.2, -0.15) is 0 Å². The number of thiazole rings is 1. The van der Waals surface area contributed by atoms with E-state index in [1.165, 1.54) is 11.3 Å². The van der Waals surface area contributed by atoms with Gasteiger partial charge in [0, 0.05) is 37.1 Å². The van der Waals surface area contributed by atoms with Crippen LogP contribution < -0.4 is 16.0 Å². The van der Waals surface area contributed by atoms with Gasteiger partial charge in [0.2, 0.25) is 0 Å². The first-order chi connectivity index (χ1) is 10.7. The van der Waals surface area contributed by atoms with E-state index in [4.69, 9.17) is 0 Å². The van der Waals surface area contributed by atoms with Crippen LogP contribution in [0.5, 0.6) is 0 Å². The first-order valence-corrected chi connectivity index (χ1v) is 7.91. The zero-order valence-electron chi connectivity index (χ0n) is 11.8. The number of hydrogen-bond donors (Lipinski definition) is 4. The maximum atomic E-state index is 12.1. The maximum Gasteiger partial charge on any atom is 0.270 e. The summed E-state index contributed by atoms with van der Waals surface area (Å²) in [6.07, 6.45) is 1.28. The first-order valence-electron chi connectivity index (χ1n) is 7.03. The van der Waals surface area contributed by atoms with Crippen molar-refractivity contribution in [1.29, 1.82) is 0 Å². The highest BCUT2D eigenvalue weighted by Gasteiger charge is 2.25. The molecule has 1 aliphatic heterocycles. The van der Waals surface area contributed by atoms with Crippen LogP contribution in [-0.2, 0) is 0 Å². The zero-order valence-corrected chi connectivity index (χ0v) is 12.6. The number of hydrogen-bond acceptors (Lipinski definition) is 7. The van der Waals surface area contributed by atoms with Crippen LogP contribution in [-0.4, -0.2) is 46.7 Å². The minimum atomic E-state index is -0.405. The summed E-state index contributed by atoms with van der Waals surface area (Å²) in [4.78, 5) is 20.5. The maximum absolute atomic E-state index is 12.1. The average Bonchev–Trinajstić information content (AvgIpc) is 3.15. The Bertz CT molecular complexity index is 633. The van der Waals surface area contributed by atoms with Crippen LogP contribution in [0, 0.1) is 5.92 Å². The molecule has 0 aromatic carbocycles. The summed E-state index contributed by atoms with van der Waals surface area (Å²) in [6, 6.07) is 5.53. The van der Waals surface area contributed by atoms with E-state index < -0.39 is 6.10 Å². The Labute approximate surface area is 131 Å². The molecule has 116 valence electrons. The van der Waals surface area contributed by atoms with Gasteiger partial charge in [-0.1, -0.05) is 6.07 Å². The number of carbonyl (C=O) groups excluding carboxylic acids is 1. The van der Waals surface area contributed by atoms with Gasteiger partial charge in [-0.3, -0.25) is 4.79 Å². The zero-order chi connectivity index (χ0) is 15.4. The molecule has 1 saturated heterocycles. The summed E-state index contributed by atoms with van der Waals surface area (Å²) >= 11 is 1.35. The Morgan fingerprint density at radius 1 is 1.45 bits per heavy atom. The summed E-state index contributed by atoms with van der Waals surface area (Å²) < 4.78 is 0. The lowest BCUT2D eigenvalue weighted by Gasteiger charge is -2.13. The fraction of sp³-hybridized carbons (Fsp3) is 0.357. The van der Waals surface area contributed by atoms with Gasteiger partial charge in [-0.25, -0.2) is 9.97 Å². The molecular formula is C14H17N5O2S. The van der Waals surface area contributed by atoms with E-state index in [0.717, 1.165) is 0 Å². The van der Waals surface area contributed by atoms with E-state index in [2.05, 4.69) is 25.9 Å². The molecule has 0 saturated carbocycles. The third-order valence-electron chi connectivity index (χ3n) is 3.47. The normalized spacial score (nSPS) is 20.8. The van der Waals surface area contributed by atoms with Crippen LogP contribution in [0.2, 0.25) is 0 Å². The van der Waals surface area contributed by atoms with Crippen LogP contribution in [0.15, 0.2) is 29.8 Å². The fourth-order valence-corrected chi connectivity index (χ4v) is 2.92. The Balaban J connectivity index is 1.55. The van der Waals surface area contributed by atoms with Crippen molar-refractivity contribution in [1.82, 2.24) is 20.6 Å². The lowest BCUT2D eigenvalue weighted by Crippen LogP contribution is -2.34. The predicted octanol–water partition coefficient (Wildman–Crippen LogP) is 0.592. The molecule has 3 heterocycles. The van der Waals surface area contributed by atoms with Crippen LogP contribution in [0.25, 0.3) is 0 Å². The van der Waals surface area contributed by atoms with Gasteiger partial charge in [0.1, 0.15) is 11.5 Å². The van der Waals surface area contributed by atoms with Crippen molar-refractivity contribution in [2.45, 2.75) is 6.10 Å². The number of nitrogens with one attached hydrogen (secondary N) is 3. The van der Waals surface area contributed by atoms with E-state index >= 15 is 0 Å². The summed E-state index contributed by atoms with van der Waals surface area (Å²) in [7, 11) is 0. The minimum Gasteiger partial charge on any atom is -0.391 e. The number of anilines is 2. The fourth-order valence-electron chi connectivity index (χ4n) is 2.22. The monoisotopic (exact) mass is 319 g/mol. The Morgan fingerprint density at radius 2 is 2.36 bits per heavy atom. The standard InChI is InChI=1S/C14H17N5O2S/c20-11-7-15-5-9(11)6-17-13(21)10-8-22-14(18-10)19-12-3-1-2-4-16-12/h1-4,8-9,11,15,20H,5-7H2,(H,17,21)(H,16,18,19). The highest BCUT2D eigenvalue weighted by atomic mass is 32.1. The second kappa shape index (κ2) is 6.82. The summed E-state index contributed by atoms with van der Waals surface area (Å²) in [6.45, 7) is 1.73. The van der Waals surface area contributed by atoms with Crippen molar-refractivity contribution in [3.8, 4) is 0 Å². The molecule has 2 aromatic heterocycles. The van der Waals surface area contributed by atoms with E-state index in [1.807, 2.05) is 18.2 Å². The first kappa shape index (κ1) is 14.9. The van der Waals surface area contributed by atoms with Gasteiger partial charge in [-0.05, 0) is 12.1 Å². The van der Waals surface area contributed by atoms with Gasteiger partial charge < -0.3 is 21.1 Å². The van der Waals surface area contributed by atoms with Crippen molar-refractivity contribution in [2.24, 2.45) is 5.92 Å². The molecule has 0 radical (unpaired) electrons. The number of β-amino-alcohol motifs (C(OH)–C–C–N with tert-alkyl or cyclic N) is 1. The summed E-state index contributed by atoms with van der Waals surface area (Å²) in [5.74, 6) is 0.502. The molecule has 0 spiro atoms. The topological polar surface area (TPSA) is 99.2 Å². The second-order valence-electron chi connectivity index (χ2n) is 5.07. The molecule has 1 fully saturated rings. The Hall–Kier alpha value is -2.03. The van der Waals surface area contributed by atoms with Crippen LogP contribution in [0.3, 0.4) is 0 Å². The van der Waals surface area contributed by atoms with Gasteiger partial charge in [0.25, 0.3) is 5.91 Å². The minimum absolute atomic E-state index is 0.0497. The number of aromatic nitrogens is 2. The van der Waals surface area contributed by atoms with Gasteiger partial charge in [0.05, 0.1) is 6.10 Å². The highest BCUT2D eigenvalue weighted by Crippen LogP contribution is 2.19. The summed E-state index contributed by atoms with van der Waals surface area (Å²) in [5.41, 5.74) is 0.365. The van der Waals surface area contributed by atoms with Gasteiger partial charge >= 0.3 is 0 Å². The molecule has 1 amide bonds. The van der Waals surface area contributed by atoms with E-state index in [0.29, 0.717) is 36.3 Å². The molecule has 8 heteroatoms. The van der Waals surface area contributed by atoms with Crippen LogP contribution in [0.1, 0.15) is 10.5 Å². The number of amides is 1. The molecule has 3 rings (SSSR count). The molecule has 2 aromatic rings. The molecule has 22 heavy (non-hydrogen) atoms. The Kier molecular flexibility index (Phi) is 4.62. The SMILES string of the molecule is O=C(NCC1CNCC1O)c1csc(Nc2ccccn2)n1. The summed E-state index contributed by atoms with van der Waals surface area (Å²) in [5, 5.41) is 21.0. The highest BCUT2D eigenvalue weighted by molar-refractivity contribution is 7.14. The number of pyridine rings is 1. The van der Waals surface area contributed by atoms with Gasteiger partial charge in [-0.15, -0.1) is 11.3 Å². The van der Waals surface area contributed by atoms with Crippen molar-refractivity contribution < 1.29 is 9.90 Å². The van der Waals surface area contributed by atoms with Gasteiger partial charge in [0.15, 0.2) is 5.13 Å². The molecule has 4 N–H and O–H groups in total. The third-order valence-corrected chi connectivity index (χ3v) is 4.22. The predicted molar refractivity (Wildman–Crippen MR) is 84.3 cm³/mol. The second-order valence-corrected chi connectivity index (χ2v) is 5.93. The van der Waals surface area contributed by atoms with Crippen LogP contribution in [0.4, 0.5) is 10.9 Å². The Morgan fingerprint density at radius 3 is 3.09 bits per heavy atom. The lowest BCUT2D eigenvalue weighted by atomic mass is 10.1. The molecule has 7 nitrogen and oxygen atoms in total. The van der Waals surface area contributed by atoms with E-state index in [1.54, 1.807) is 11.6 Å². The smallest absolute Gasteiger partial charge is 0.270 e. The third kappa shape index (κ3) is 3.59. The number of aliphatic hydroxyl groups is 1. The molecule has 2 unspecified atom stereocenters. The van der Waals surface area contributed by atoms with E-state index in [9.17, 15) is 9.90 Å². The molecule has 0 bridgehead atoms. The van der Waals surface area contributed by atoms with Crippen molar-refractivity contribution in [3.63, 3.8) is 0 Å². The van der Waals surface area contributed by atoms with Crippen molar-refractivity contribution >= 4 is 28.2 Å². The number of aliphatic hydroxyl groups excluding tert-OH is 1. The number of nitrogens with zero attached hydrogens (tertiary/aromatic N) is 2. The molecule has 2 atom stereocenters. The van der Waals surface area contributed by atoms with Crippen molar-refractivity contribution in [3.05, 3.63) is 35.5 Å². The molecule has 0 aliphatic carbocycles. The lowest BCUT2D eigenvalue weighted by molar-refractivity contribution is 0.0923. The number of rotatable bonds is 5. The average molecular weight is 319 g/mol. The largest absolute Gasteiger partial charge is 0.391 e. The van der Waals surface area contributed by atoms with E-state index in [-0.39, 0.29) is 11.8 Å². The molecular weight excluding hydrogens is 302 g/mol. The quantitative estimate of drug-likeness (QED) is 0.644. The van der Waals surface area contributed by atoms with Crippen LogP contribution >= 0.6 is 11.3 Å². The van der Waals surface area contributed by atoms with Crippen molar-refractivity contribution in [2.75, 3.05) is 25.0 Å². The number of carbonyl (C=O) groups is 1.